The first-order valence-corrected chi connectivity index (χ1v) is 6.54. The van der Waals surface area contributed by atoms with E-state index in [1.165, 1.54) is 7.11 Å². The van der Waals surface area contributed by atoms with E-state index in [2.05, 4.69) is 26.0 Å². The van der Waals surface area contributed by atoms with Crippen molar-refractivity contribution in [3.05, 3.63) is 28.2 Å². The van der Waals surface area contributed by atoms with E-state index in [4.69, 9.17) is 0 Å². The molecule has 1 atom stereocenters. The molecule has 1 aliphatic heterocycles. The Kier molecular flexibility index (Phi) is 4.01. The normalized spacial score (nSPS) is 17.9. The molecular weight excluding hydrogens is 298 g/mol. The summed E-state index contributed by atoms with van der Waals surface area (Å²) >= 11 is 3.38. The zero-order valence-electron chi connectivity index (χ0n) is 10.0. The van der Waals surface area contributed by atoms with Gasteiger partial charge in [0.05, 0.1) is 13.2 Å². The molecule has 1 aliphatic rings. The van der Waals surface area contributed by atoms with Gasteiger partial charge in [0, 0.05) is 23.0 Å². The largest absolute Gasteiger partial charge is 0.469 e. The maximum atomic E-state index is 11.9. The highest BCUT2D eigenvalue weighted by Gasteiger charge is 2.26. The number of methoxy groups -OCH3 is 1. The molecule has 1 aromatic carbocycles. The van der Waals surface area contributed by atoms with E-state index in [1.807, 2.05) is 18.2 Å². The number of benzene rings is 1. The van der Waals surface area contributed by atoms with Crippen LogP contribution in [0.3, 0.4) is 0 Å². The zero-order chi connectivity index (χ0) is 13.1. The van der Waals surface area contributed by atoms with Gasteiger partial charge in [-0.3, -0.25) is 9.59 Å². The number of Topliss-reactive ketones (excluding diaryl/α,β-unsaturated/α-hetero) is 1. The van der Waals surface area contributed by atoms with Crippen LogP contribution in [0.4, 0.5) is 5.69 Å². The number of hydrogen-bond donors (Lipinski definition) is 1. The van der Waals surface area contributed by atoms with Crippen LogP contribution in [0.15, 0.2) is 22.7 Å². The Hall–Kier alpha value is -1.36. The van der Waals surface area contributed by atoms with Gasteiger partial charge in [-0.2, -0.15) is 0 Å². The van der Waals surface area contributed by atoms with E-state index in [-0.39, 0.29) is 24.2 Å². The van der Waals surface area contributed by atoms with Gasteiger partial charge in [-0.1, -0.05) is 15.9 Å². The molecule has 0 bridgehead atoms. The molecular formula is C13H14BrNO3. The summed E-state index contributed by atoms with van der Waals surface area (Å²) in [6.07, 6.45) is 1.14. The number of halogens is 1. The predicted octanol–water partition coefficient (Wildman–Crippen LogP) is 2.31. The van der Waals surface area contributed by atoms with Crippen molar-refractivity contribution in [1.82, 2.24) is 0 Å². The van der Waals surface area contributed by atoms with Gasteiger partial charge in [-0.15, -0.1) is 0 Å². The van der Waals surface area contributed by atoms with Crippen LogP contribution in [0.25, 0.3) is 0 Å². The van der Waals surface area contributed by atoms with Crippen molar-refractivity contribution in [1.29, 1.82) is 0 Å². The third-order valence-electron chi connectivity index (χ3n) is 3.02. The molecule has 4 nitrogen and oxygen atoms in total. The van der Waals surface area contributed by atoms with Crippen molar-refractivity contribution in [3.8, 4) is 0 Å². The lowest BCUT2D eigenvalue weighted by Gasteiger charge is -2.25. The Morgan fingerprint density at radius 3 is 3.06 bits per heavy atom. The van der Waals surface area contributed by atoms with Gasteiger partial charge in [0.25, 0.3) is 0 Å². The minimum absolute atomic E-state index is 0.115. The van der Waals surface area contributed by atoms with Crippen molar-refractivity contribution < 1.29 is 14.3 Å². The summed E-state index contributed by atoms with van der Waals surface area (Å²) in [7, 11) is 1.35. The van der Waals surface area contributed by atoms with Crippen LogP contribution in [0, 0.1) is 0 Å². The topological polar surface area (TPSA) is 55.4 Å². The van der Waals surface area contributed by atoms with Crippen molar-refractivity contribution in [2.45, 2.75) is 25.3 Å². The van der Waals surface area contributed by atoms with Crippen LogP contribution in [-0.4, -0.2) is 24.9 Å². The molecule has 0 spiro atoms. The second-order valence-electron chi connectivity index (χ2n) is 4.26. The fraction of sp³-hybridized carbons (Fsp3) is 0.385. The smallest absolute Gasteiger partial charge is 0.305 e. The summed E-state index contributed by atoms with van der Waals surface area (Å²) in [5.41, 5.74) is 1.95. The van der Waals surface area contributed by atoms with Crippen LogP contribution in [0.5, 0.6) is 0 Å². The van der Waals surface area contributed by atoms with Crippen molar-refractivity contribution in [2.24, 2.45) is 0 Å². The van der Waals surface area contributed by atoms with E-state index in [1.54, 1.807) is 0 Å². The van der Waals surface area contributed by atoms with Gasteiger partial charge < -0.3 is 10.1 Å². The fourth-order valence-electron chi connectivity index (χ4n) is 2.03. The molecule has 1 N–H and O–H groups in total. The van der Waals surface area contributed by atoms with Crippen molar-refractivity contribution in [3.63, 3.8) is 0 Å². The summed E-state index contributed by atoms with van der Waals surface area (Å²) < 4.78 is 5.54. The third-order valence-corrected chi connectivity index (χ3v) is 3.51. The quantitative estimate of drug-likeness (QED) is 0.870. The maximum Gasteiger partial charge on any atom is 0.305 e. The van der Waals surface area contributed by atoms with Gasteiger partial charge in [0.1, 0.15) is 0 Å². The number of carbonyl (C=O) groups excluding carboxylic acids is 2. The SMILES string of the molecule is COC(=O)CC[C@@H]1Nc2ccc(Br)cc2CC1=O. The first-order valence-electron chi connectivity index (χ1n) is 5.74. The Balaban J connectivity index is 2.06. The van der Waals surface area contributed by atoms with Gasteiger partial charge in [-0.05, 0) is 30.2 Å². The molecule has 18 heavy (non-hydrogen) atoms. The lowest BCUT2D eigenvalue weighted by molar-refractivity contribution is -0.140. The first kappa shape index (κ1) is 13.1. The minimum Gasteiger partial charge on any atom is -0.469 e. The van der Waals surface area contributed by atoms with Gasteiger partial charge in [0.15, 0.2) is 5.78 Å². The molecule has 0 amide bonds. The molecule has 5 heteroatoms. The lowest BCUT2D eigenvalue weighted by atomic mass is 9.94. The number of ether oxygens (including phenoxy) is 1. The van der Waals surface area contributed by atoms with Gasteiger partial charge in [-0.25, -0.2) is 0 Å². The highest BCUT2D eigenvalue weighted by Crippen LogP contribution is 2.27. The average molecular weight is 312 g/mol. The molecule has 1 heterocycles. The molecule has 1 aromatic rings. The Labute approximate surface area is 114 Å². The highest BCUT2D eigenvalue weighted by atomic mass is 79.9. The number of anilines is 1. The zero-order valence-corrected chi connectivity index (χ0v) is 11.6. The molecule has 0 fully saturated rings. The van der Waals surface area contributed by atoms with Crippen molar-refractivity contribution in [2.75, 3.05) is 12.4 Å². The molecule has 0 saturated carbocycles. The van der Waals surface area contributed by atoms with Gasteiger partial charge >= 0.3 is 5.97 Å². The van der Waals surface area contributed by atoms with E-state index in [0.717, 1.165) is 15.7 Å². The molecule has 0 saturated heterocycles. The first-order chi connectivity index (χ1) is 8.60. The van der Waals surface area contributed by atoms with Crippen LogP contribution < -0.4 is 5.32 Å². The van der Waals surface area contributed by atoms with Crippen LogP contribution in [-0.2, 0) is 20.7 Å². The lowest BCUT2D eigenvalue weighted by Crippen LogP contribution is -2.35. The molecule has 96 valence electrons. The average Bonchev–Trinajstić information content (AvgIpc) is 2.35. The number of hydrogen-bond acceptors (Lipinski definition) is 4. The van der Waals surface area contributed by atoms with E-state index in [9.17, 15) is 9.59 Å². The predicted molar refractivity (Wildman–Crippen MR) is 71.5 cm³/mol. The third kappa shape index (κ3) is 2.90. The summed E-state index contributed by atoms with van der Waals surface area (Å²) in [5, 5.41) is 3.18. The standard InChI is InChI=1S/C13H14BrNO3/c1-18-13(17)5-4-11-12(16)7-8-6-9(14)2-3-10(8)15-11/h2-3,6,11,15H,4-5,7H2,1H3/t11-/m0/s1. The molecule has 0 radical (unpaired) electrons. The van der Waals surface area contributed by atoms with Crippen LogP contribution >= 0.6 is 15.9 Å². The summed E-state index contributed by atoms with van der Waals surface area (Å²) in [6, 6.07) is 5.52. The number of carbonyl (C=O) groups is 2. The number of rotatable bonds is 3. The molecule has 2 rings (SSSR count). The number of nitrogens with one attached hydrogen (secondary N) is 1. The summed E-state index contributed by atoms with van der Waals surface area (Å²) in [5.74, 6) is -0.171. The molecule has 0 unspecified atom stereocenters. The minimum atomic E-state index is -0.294. The van der Waals surface area contributed by atoms with E-state index >= 15 is 0 Å². The summed E-state index contributed by atoms with van der Waals surface area (Å²) in [6.45, 7) is 0. The number of esters is 1. The highest BCUT2D eigenvalue weighted by molar-refractivity contribution is 9.10. The van der Waals surface area contributed by atoms with Crippen molar-refractivity contribution >= 4 is 33.4 Å². The van der Waals surface area contributed by atoms with E-state index in [0.29, 0.717) is 12.8 Å². The van der Waals surface area contributed by atoms with E-state index < -0.39 is 0 Å². The maximum absolute atomic E-state index is 11.9. The second kappa shape index (κ2) is 5.52. The van der Waals surface area contributed by atoms with Crippen LogP contribution in [0.1, 0.15) is 18.4 Å². The monoisotopic (exact) mass is 311 g/mol. The Morgan fingerprint density at radius 2 is 2.33 bits per heavy atom. The second-order valence-corrected chi connectivity index (χ2v) is 5.17. The fourth-order valence-corrected chi connectivity index (χ4v) is 2.43. The molecule has 0 aliphatic carbocycles. The number of fused-ring (bicyclic) bond motifs is 1. The molecule has 0 aromatic heterocycles. The Bertz CT molecular complexity index is 487. The van der Waals surface area contributed by atoms with Crippen LogP contribution in [0.2, 0.25) is 0 Å². The van der Waals surface area contributed by atoms with Gasteiger partial charge in [0.2, 0.25) is 0 Å². The summed E-state index contributed by atoms with van der Waals surface area (Å²) in [4.78, 5) is 23.0. The Morgan fingerprint density at radius 1 is 1.56 bits per heavy atom. The number of ketones is 1.